The van der Waals surface area contributed by atoms with Crippen LogP contribution >= 0.6 is 0 Å². The molecular formula is C19H22N2O2S. The first-order valence-electron chi connectivity index (χ1n) is 8.27. The molecule has 1 heterocycles. The summed E-state index contributed by atoms with van der Waals surface area (Å²) in [6.07, 6.45) is 1.72. The molecule has 1 aliphatic rings. The molecule has 1 atom stereocenters. The molecule has 0 bridgehead atoms. The average Bonchev–Trinajstić information content (AvgIpc) is 3.21. The van der Waals surface area contributed by atoms with Gasteiger partial charge in [0, 0.05) is 16.9 Å². The SMILES string of the molecule is CC.NC1CCc2cc(S(=O)(=O)c3cc4ccccc4[nH]3)ccc21. The lowest BCUT2D eigenvalue weighted by molar-refractivity contribution is 0.593. The quantitative estimate of drug-likeness (QED) is 0.740. The van der Waals surface area contributed by atoms with E-state index in [4.69, 9.17) is 5.73 Å². The van der Waals surface area contributed by atoms with Crippen molar-refractivity contribution in [3.63, 3.8) is 0 Å². The van der Waals surface area contributed by atoms with E-state index in [1.165, 1.54) is 0 Å². The summed E-state index contributed by atoms with van der Waals surface area (Å²) in [5.74, 6) is 0. The van der Waals surface area contributed by atoms with E-state index in [1.54, 1.807) is 18.2 Å². The highest BCUT2D eigenvalue weighted by Crippen LogP contribution is 2.32. The van der Waals surface area contributed by atoms with E-state index in [1.807, 2.05) is 44.2 Å². The van der Waals surface area contributed by atoms with Gasteiger partial charge in [0.2, 0.25) is 9.84 Å². The second-order valence-electron chi connectivity index (χ2n) is 5.73. The third-order valence-electron chi connectivity index (χ3n) is 4.34. The molecule has 0 amide bonds. The molecular weight excluding hydrogens is 320 g/mol. The summed E-state index contributed by atoms with van der Waals surface area (Å²) in [5.41, 5.74) is 8.95. The molecule has 3 aromatic rings. The van der Waals surface area contributed by atoms with E-state index >= 15 is 0 Å². The second kappa shape index (κ2) is 6.42. The van der Waals surface area contributed by atoms with Crippen LogP contribution in [0.15, 0.2) is 58.5 Å². The molecule has 0 radical (unpaired) electrons. The molecule has 4 rings (SSSR count). The molecule has 126 valence electrons. The summed E-state index contributed by atoms with van der Waals surface area (Å²) < 4.78 is 25.6. The number of para-hydroxylation sites is 1. The van der Waals surface area contributed by atoms with Gasteiger partial charge in [-0.1, -0.05) is 38.1 Å². The highest BCUT2D eigenvalue weighted by molar-refractivity contribution is 7.91. The molecule has 24 heavy (non-hydrogen) atoms. The van der Waals surface area contributed by atoms with Crippen LogP contribution in [0.2, 0.25) is 0 Å². The molecule has 0 spiro atoms. The summed E-state index contributed by atoms with van der Waals surface area (Å²) in [4.78, 5) is 3.32. The van der Waals surface area contributed by atoms with Crippen molar-refractivity contribution >= 4 is 20.7 Å². The number of benzene rings is 2. The fraction of sp³-hybridized carbons (Fsp3) is 0.263. The average molecular weight is 342 g/mol. The lowest BCUT2D eigenvalue weighted by Crippen LogP contribution is -2.06. The number of H-pyrrole nitrogens is 1. The summed E-state index contributed by atoms with van der Waals surface area (Å²) in [5, 5.41) is 1.13. The Morgan fingerprint density at radius 2 is 1.83 bits per heavy atom. The van der Waals surface area contributed by atoms with Crippen LogP contribution in [0.5, 0.6) is 0 Å². The zero-order chi connectivity index (χ0) is 17.3. The Bertz CT molecular complexity index is 941. The van der Waals surface area contributed by atoms with Gasteiger partial charge in [-0.05, 0) is 48.2 Å². The molecule has 0 aliphatic heterocycles. The summed E-state index contributed by atoms with van der Waals surface area (Å²) >= 11 is 0. The summed E-state index contributed by atoms with van der Waals surface area (Å²) in [7, 11) is -3.54. The number of sulfone groups is 1. The first kappa shape index (κ1) is 16.7. The molecule has 3 N–H and O–H groups in total. The Kier molecular flexibility index (Phi) is 4.47. The van der Waals surface area contributed by atoms with Crippen molar-refractivity contribution < 1.29 is 8.42 Å². The van der Waals surface area contributed by atoms with Crippen LogP contribution in [0.3, 0.4) is 0 Å². The number of hydrogen-bond acceptors (Lipinski definition) is 3. The van der Waals surface area contributed by atoms with Gasteiger partial charge in [0.25, 0.3) is 0 Å². The van der Waals surface area contributed by atoms with Gasteiger partial charge in [0.1, 0.15) is 5.03 Å². The van der Waals surface area contributed by atoms with Crippen molar-refractivity contribution in [1.82, 2.24) is 4.98 Å². The maximum Gasteiger partial charge on any atom is 0.221 e. The van der Waals surface area contributed by atoms with E-state index in [0.29, 0.717) is 4.90 Å². The molecule has 0 saturated carbocycles. The van der Waals surface area contributed by atoms with E-state index in [0.717, 1.165) is 34.9 Å². The van der Waals surface area contributed by atoms with Crippen molar-refractivity contribution in [1.29, 1.82) is 0 Å². The molecule has 2 aromatic carbocycles. The minimum Gasteiger partial charge on any atom is -0.345 e. The largest absolute Gasteiger partial charge is 0.345 e. The molecule has 1 aliphatic carbocycles. The van der Waals surface area contributed by atoms with Crippen LogP contribution in [-0.2, 0) is 16.3 Å². The maximum atomic E-state index is 12.8. The Labute approximate surface area is 142 Å². The fourth-order valence-corrected chi connectivity index (χ4v) is 4.44. The number of fused-ring (bicyclic) bond motifs is 2. The maximum absolute atomic E-state index is 12.8. The summed E-state index contributed by atoms with van der Waals surface area (Å²) in [6.45, 7) is 4.00. The zero-order valence-corrected chi connectivity index (χ0v) is 14.7. The Morgan fingerprint density at radius 3 is 2.58 bits per heavy atom. The van der Waals surface area contributed by atoms with Crippen molar-refractivity contribution in [3.8, 4) is 0 Å². The lowest BCUT2D eigenvalue weighted by Gasteiger charge is -2.07. The third kappa shape index (κ3) is 2.74. The molecule has 5 heteroatoms. The summed E-state index contributed by atoms with van der Waals surface area (Å²) in [6, 6.07) is 14.5. The van der Waals surface area contributed by atoms with Crippen LogP contribution in [0, 0.1) is 0 Å². The smallest absolute Gasteiger partial charge is 0.221 e. The van der Waals surface area contributed by atoms with Gasteiger partial charge in [-0.3, -0.25) is 0 Å². The van der Waals surface area contributed by atoms with Gasteiger partial charge in [-0.25, -0.2) is 8.42 Å². The fourth-order valence-electron chi connectivity index (χ4n) is 3.11. The Hall–Kier alpha value is -2.11. The predicted molar refractivity (Wildman–Crippen MR) is 96.8 cm³/mol. The van der Waals surface area contributed by atoms with Gasteiger partial charge in [-0.2, -0.15) is 0 Å². The van der Waals surface area contributed by atoms with E-state index in [2.05, 4.69) is 4.98 Å². The number of nitrogens with two attached hydrogens (primary N) is 1. The topological polar surface area (TPSA) is 76.0 Å². The molecule has 1 unspecified atom stereocenters. The van der Waals surface area contributed by atoms with E-state index in [-0.39, 0.29) is 11.1 Å². The van der Waals surface area contributed by atoms with Gasteiger partial charge < -0.3 is 10.7 Å². The van der Waals surface area contributed by atoms with Gasteiger partial charge >= 0.3 is 0 Å². The predicted octanol–water partition coefficient (Wildman–Crippen LogP) is 3.97. The van der Waals surface area contributed by atoms with E-state index in [9.17, 15) is 8.42 Å². The Balaban J connectivity index is 0.000000815. The zero-order valence-electron chi connectivity index (χ0n) is 13.9. The number of aryl methyl sites for hydroxylation is 1. The molecule has 4 nitrogen and oxygen atoms in total. The second-order valence-corrected chi connectivity index (χ2v) is 7.65. The van der Waals surface area contributed by atoms with Gasteiger partial charge in [-0.15, -0.1) is 0 Å². The first-order chi connectivity index (χ1) is 11.6. The minimum absolute atomic E-state index is 0.0276. The first-order valence-corrected chi connectivity index (χ1v) is 9.75. The standard InChI is InChI=1S/C17H16N2O2S.C2H6/c18-15-8-5-11-9-13(6-7-14(11)15)22(20,21)17-10-12-3-1-2-4-16(12)19-17;1-2/h1-4,6-7,9-10,15,19H,5,8,18H2;1-2H3. The number of hydrogen-bond donors (Lipinski definition) is 2. The van der Waals surface area contributed by atoms with Crippen molar-refractivity contribution in [2.75, 3.05) is 0 Å². The monoisotopic (exact) mass is 342 g/mol. The normalized spacial score (nSPS) is 16.5. The lowest BCUT2D eigenvalue weighted by atomic mass is 10.1. The third-order valence-corrected chi connectivity index (χ3v) is 6.02. The van der Waals surface area contributed by atoms with Crippen molar-refractivity contribution in [3.05, 3.63) is 59.7 Å². The minimum atomic E-state index is -3.54. The van der Waals surface area contributed by atoms with Crippen molar-refractivity contribution in [2.45, 2.75) is 42.7 Å². The van der Waals surface area contributed by atoms with Crippen molar-refractivity contribution in [2.24, 2.45) is 5.73 Å². The number of aromatic amines is 1. The van der Waals surface area contributed by atoms with E-state index < -0.39 is 9.84 Å². The number of rotatable bonds is 2. The highest BCUT2D eigenvalue weighted by atomic mass is 32.2. The molecule has 0 saturated heterocycles. The van der Waals surface area contributed by atoms with Crippen LogP contribution in [-0.4, -0.2) is 13.4 Å². The van der Waals surface area contributed by atoms with Gasteiger partial charge in [0.05, 0.1) is 4.90 Å². The van der Waals surface area contributed by atoms with Crippen LogP contribution < -0.4 is 5.73 Å². The van der Waals surface area contributed by atoms with Crippen LogP contribution in [0.25, 0.3) is 10.9 Å². The highest BCUT2D eigenvalue weighted by Gasteiger charge is 2.24. The van der Waals surface area contributed by atoms with Gasteiger partial charge in [0.15, 0.2) is 0 Å². The van der Waals surface area contributed by atoms with Crippen LogP contribution in [0.1, 0.15) is 37.4 Å². The molecule has 0 fully saturated rings. The number of aromatic nitrogens is 1. The molecule has 1 aromatic heterocycles. The van der Waals surface area contributed by atoms with Crippen LogP contribution in [0.4, 0.5) is 0 Å². The Morgan fingerprint density at radius 1 is 1.08 bits per heavy atom. The number of nitrogens with one attached hydrogen (secondary N) is 1.